The van der Waals surface area contributed by atoms with Gasteiger partial charge in [-0.1, -0.05) is 12.8 Å². The number of halogens is 1. The van der Waals surface area contributed by atoms with E-state index in [1.54, 1.807) is 19.1 Å². The van der Waals surface area contributed by atoms with E-state index in [2.05, 4.69) is 10.6 Å². The van der Waals surface area contributed by atoms with Crippen LogP contribution in [0.4, 0.5) is 0 Å². The van der Waals surface area contributed by atoms with Crippen molar-refractivity contribution in [3.63, 3.8) is 0 Å². The molecule has 2 saturated heterocycles. The van der Waals surface area contributed by atoms with Crippen LogP contribution in [-0.2, 0) is 9.59 Å². The highest BCUT2D eigenvalue weighted by molar-refractivity contribution is 6.20. The zero-order chi connectivity index (χ0) is 18.0. The number of hydrogen-bond acceptors (Lipinski definition) is 4. The first-order valence-corrected chi connectivity index (χ1v) is 10.0. The van der Waals surface area contributed by atoms with Gasteiger partial charge in [0.25, 0.3) is 0 Å². The third kappa shape index (κ3) is 4.66. The molecule has 2 amide bonds. The van der Waals surface area contributed by atoms with Crippen LogP contribution in [0.3, 0.4) is 0 Å². The van der Waals surface area contributed by atoms with Crippen LogP contribution < -0.4 is 10.6 Å². The van der Waals surface area contributed by atoms with Crippen molar-refractivity contribution in [2.45, 2.75) is 69.0 Å². The van der Waals surface area contributed by atoms with Gasteiger partial charge >= 0.3 is 0 Å². The molecule has 3 fully saturated rings. The fourth-order valence-corrected chi connectivity index (χ4v) is 4.90. The number of amides is 2. The topological polar surface area (TPSA) is 64.7 Å². The highest BCUT2D eigenvalue weighted by Crippen LogP contribution is 2.33. The molecule has 5 unspecified atom stereocenters. The molecular formula is C18H31ClN4O2. The number of carbonyl (C=O) groups excluding carboxylic acids is 2. The molecule has 0 spiro atoms. The van der Waals surface area contributed by atoms with Crippen molar-refractivity contribution < 1.29 is 9.59 Å². The molecule has 2 heterocycles. The third-order valence-corrected chi connectivity index (χ3v) is 6.57. The maximum Gasteiger partial charge on any atom is 0.240 e. The van der Waals surface area contributed by atoms with Crippen molar-refractivity contribution in [2.24, 2.45) is 11.8 Å². The fourth-order valence-electron chi connectivity index (χ4n) is 4.50. The van der Waals surface area contributed by atoms with E-state index in [0.717, 1.165) is 31.7 Å². The molecule has 0 aromatic rings. The van der Waals surface area contributed by atoms with Crippen LogP contribution in [0.5, 0.6) is 0 Å². The van der Waals surface area contributed by atoms with Crippen LogP contribution in [0.1, 0.15) is 51.4 Å². The third-order valence-electron chi connectivity index (χ3n) is 6.17. The summed E-state index contributed by atoms with van der Waals surface area (Å²) in [6.07, 6.45) is 8.53. The van der Waals surface area contributed by atoms with E-state index in [9.17, 15) is 9.59 Å². The van der Waals surface area contributed by atoms with Gasteiger partial charge in [-0.15, -0.1) is 11.6 Å². The Morgan fingerprint density at radius 3 is 2.64 bits per heavy atom. The standard InChI is InChI=1S/C18H31ClN4O2/c1-22-15(10-17(24)23(22)2)18(25)21-16-7-6-13(11-20-16)8-12-4-3-5-14(19)9-12/h12-16,20H,3-11H2,1-2H3,(H,21,25). The minimum Gasteiger partial charge on any atom is -0.339 e. The Hall–Kier alpha value is -0.850. The first kappa shape index (κ1) is 18.9. The van der Waals surface area contributed by atoms with Crippen LogP contribution in [-0.4, -0.2) is 60.1 Å². The van der Waals surface area contributed by atoms with E-state index in [0.29, 0.717) is 11.3 Å². The lowest BCUT2D eigenvalue weighted by molar-refractivity contribution is -0.136. The Labute approximate surface area is 155 Å². The van der Waals surface area contributed by atoms with Gasteiger partial charge in [0, 0.05) is 19.5 Å². The Balaban J connectivity index is 1.40. The van der Waals surface area contributed by atoms with E-state index in [1.807, 2.05) is 0 Å². The number of carbonyl (C=O) groups is 2. The highest BCUT2D eigenvalue weighted by atomic mass is 35.5. The summed E-state index contributed by atoms with van der Waals surface area (Å²) in [6.45, 7) is 0.952. The lowest BCUT2D eigenvalue weighted by Gasteiger charge is -2.35. The van der Waals surface area contributed by atoms with Crippen LogP contribution in [0.15, 0.2) is 0 Å². The van der Waals surface area contributed by atoms with E-state index >= 15 is 0 Å². The van der Waals surface area contributed by atoms with Crippen molar-refractivity contribution in [2.75, 3.05) is 20.6 Å². The summed E-state index contributed by atoms with van der Waals surface area (Å²) < 4.78 is 0. The number of hydrazine groups is 1. The molecule has 1 saturated carbocycles. The number of alkyl halides is 1. The number of nitrogens with one attached hydrogen (secondary N) is 2. The molecular weight excluding hydrogens is 340 g/mol. The normalized spacial score (nSPS) is 37.3. The average Bonchev–Trinajstić information content (AvgIpc) is 2.84. The molecule has 2 N–H and O–H groups in total. The van der Waals surface area contributed by atoms with E-state index in [4.69, 9.17) is 11.6 Å². The molecule has 3 rings (SSSR count). The molecule has 3 aliphatic rings. The summed E-state index contributed by atoms with van der Waals surface area (Å²) in [6, 6.07) is -0.389. The van der Waals surface area contributed by atoms with E-state index in [-0.39, 0.29) is 30.4 Å². The van der Waals surface area contributed by atoms with Crippen molar-refractivity contribution >= 4 is 23.4 Å². The molecule has 5 atom stereocenters. The first-order valence-electron chi connectivity index (χ1n) is 9.61. The molecule has 0 radical (unpaired) electrons. The second-order valence-electron chi connectivity index (χ2n) is 7.99. The van der Waals surface area contributed by atoms with Gasteiger partial charge in [0.1, 0.15) is 6.04 Å². The number of piperidine rings is 1. The van der Waals surface area contributed by atoms with Crippen molar-refractivity contribution in [1.82, 2.24) is 20.7 Å². The molecule has 2 aliphatic heterocycles. The number of hydrogen-bond donors (Lipinski definition) is 2. The SMILES string of the molecule is CN1C(=O)CC(C(=O)NC2CCC(CC3CCCC(Cl)C3)CN2)N1C. The molecule has 0 bridgehead atoms. The smallest absolute Gasteiger partial charge is 0.240 e. The Kier molecular flexibility index (Phi) is 6.23. The monoisotopic (exact) mass is 370 g/mol. The molecule has 25 heavy (non-hydrogen) atoms. The second-order valence-corrected chi connectivity index (χ2v) is 8.61. The number of rotatable bonds is 4. The van der Waals surface area contributed by atoms with Gasteiger partial charge in [-0.2, -0.15) is 0 Å². The van der Waals surface area contributed by atoms with Crippen LogP contribution in [0.2, 0.25) is 0 Å². The van der Waals surface area contributed by atoms with Crippen molar-refractivity contribution in [1.29, 1.82) is 0 Å². The zero-order valence-corrected chi connectivity index (χ0v) is 16.1. The van der Waals surface area contributed by atoms with Gasteiger partial charge in [-0.25, -0.2) is 5.01 Å². The summed E-state index contributed by atoms with van der Waals surface area (Å²) in [5, 5.41) is 10.2. The molecule has 0 aromatic heterocycles. The number of nitrogens with zero attached hydrogens (tertiary/aromatic N) is 2. The van der Waals surface area contributed by atoms with Crippen LogP contribution >= 0.6 is 11.6 Å². The summed E-state index contributed by atoms with van der Waals surface area (Å²) >= 11 is 6.31. The minimum absolute atomic E-state index is 0.00982. The molecule has 142 valence electrons. The second kappa shape index (κ2) is 8.23. The molecule has 7 heteroatoms. The van der Waals surface area contributed by atoms with E-state index < -0.39 is 0 Å². The van der Waals surface area contributed by atoms with Gasteiger partial charge in [-0.05, 0) is 50.5 Å². The minimum atomic E-state index is -0.389. The molecule has 6 nitrogen and oxygen atoms in total. The summed E-state index contributed by atoms with van der Waals surface area (Å²) in [5.41, 5.74) is 0. The van der Waals surface area contributed by atoms with Crippen molar-refractivity contribution in [3.8, 4) is 0 Å². The Morgan fingerprint density at radius 1 is 1.24 bits per heavy atom. The van der Waals surface area contributed by atoms with Gasteiger partial charge in [0.2, 0.25) is 11.8 Å². The predicted molar refractivity (Wildman–Crippen MR) is 97.8 cm³/mol. The van der Waals surface area contributed by atoms with Gasteiger partial charge in [-0.3, -0.25) is 19.9 Å². The lowest BCUT2D eigenvalue weighted by atomic mass is 9.80. The average molecular weight is 371 g/mol. The first-order chi connectivity index (χ1) is 11.9. The highest BCUT2D eigenvalue weighted by Gasteiger charge is 2.38. The molecule has 1 aliphatic carbocycles. The molecule has 0 aromatic carbocycles. The van der Waals surface area contributed by atoms with Gasteiger partial charge in [0.15, 0.2) is 0 Å². The maximum atomic E-state index is 12.5. The predicted octanol–water partition coefficient (Wildman–Crippen LogP) is 1.69. The van der Waals surface area contributed by atoms with Crippen LogP contribution in [0, 0.1) is 11.8 Å². The van der Waals surface area contributed by atoms with Gasteiger partial charge < -0.3 is 5.32 Å². The largest absolute Gasteiger partial charge is 0.339 e. The van der Waals surface area contributed by atoms with Gasteiger partial charge in [0.05, 0.1) is 12.6 Å². The Bertz CT molecular complexity index is 495. The van der Waals surface area contributed by atoms with E-state index in [1.165, 1.54) is 30.7 Å². The quantitative estimate of drug-likeness (QED) is 0.739. The lowest BCUT2D eigenvalue weighted by Crippen LogP contribution is -2.54. The Morgan fingerprint density at radius 2 is 2.04 bits per heavy atom. The van der Waals surface area contributed by atoms with Crippen molar-refractivity contribution in [3.05, 3.63) is 0 Å². The fraction of sp³-hybridized carbons (Fsp3) is 0.889. The number of likely N-dealkylation sites (N-methyl/N-ethyl adjacent to an activating group) is 1. The summed E-state index contributed by atoms with van der Waals surface area (Å²) in [7, 11) is 3.49. The zero-order valence-electron chi connectivity index (χ0n) is 15.3. The summed E-state index contributed by atoms with van der Waals surface area (Å²) in [5.74, 6) is 1.38. The summed E-state index contributed by atoms with van der Waals surface area (Å²) in [4.78, 5) is 24.2. The maximum absolute atomic E-state index is 12.5. The van der Waals surface area contributed by atoms with Crippen LogP contribution in [0.25, 0.3) is 0 Å².